The molecule has 1 unspecified atom stereocenters. The molecule has 0 radical (unpaired) electrons. The maximum Gasteiger partial charge on any atom is 0.240 e. The molecule has 0 aromatic heterocycles. The number of ether oxygens (including phenoxy) is 1. The molecule has 1 atom stereocenters. The van der Waals surface area contributed by atoms with Crippen LogP contribution in [0.5, 0.6) is 0 Å². The summed E-state index contributed by atoms with van der Waals surface area (Å²) in [6.45, 7) is 1.53. The van der Waals surface area contributed by atoms with E-state index in [1.165, 1.54) is 0 Å². The largest absolute Gasteiger partial charge is 0.381 e. The van der Waals surface area contributed by atoms with Gasteiger partial charge in [0.25, 0.3) is 0 Å². The zero-order valence-electron chi connectivity index (χ0n) is 9.83. The highest BCUT2D eigenvalue weighted by atomic mass is 16.5. The Morgan fingerprint density at radius 3 is 2.82 bits per heavy atom. The Bertz CT molecular complexity index is 313. The molecule has 2 aliphatic rings. The lowest BCUT2D eigenvalue weighted by atomic mass is 9.90. The number of hydrogen-bond donors (Lipinski definition) is 3. The van der Waals surface area contributed by atoms with Crippen molar-refractivity contribution in [2.75, 3.05) is 19.8 Å². The Morgan fingerprint density at radius 2 is 2.24 bits per heavy atom. The zero-order valence-corrected chi connectivity index (χ0v) is 9.83. The number of nitrogens with two attached hydrogens (primary N) is 1. The van der Waals surface area contributed by atoms with Crippen molar-refractivity contribution in [3.8, 4) is 0 Å². The fraction of sp³-hybridized carbons (Fsp3) is 0.818. The van der Waals surface area contributed by atoms with Crippen molar-refractivity contribution in [1.29, 1.82) is 0 Å². The first kappa shape index (κ1) is 12.3. The van der Waals surface area contributed by atoms with Crippen molar-refractivity contribution >= 4 is 11.8 Å². The van der Waals surface area contributed by atoms with Crippen LogP contribution >= 0.6 is 0 Å². The Labute approximate surface area is 100 Å². The third-order valence-corrected chi connectivity index (χ3v) is 3.43. The van der Waals surface area contributed by atoms with Gasteiger partial charge < -0.3 is 21.1 Å². The van der Waals surface area contributed by atoms with Gasteiger partial charge in [0.2, 0.25) is 11.8 Å². The summed E-state index contributed by atoms with van der Waals surface area (Å²) in [6, 6.07) is 0.0508. The SMILES string of the molecule is NC1(C(=O)NCC2CCC(=O)N2)CCOCC1. The minimum atomic E-state index is -0.805. The Balaban J connectivity index is 1.78. The van der Waals surface area contributed by atoms with E-state index in [1.54, 1.807) is 0 Å². The predicted octanol–water partition coefficient (Wildman–Crippen LogP) is -1.11. The molecule has 2 aliphatic heterocycles. The van der Waals surface area contributed by atoms with Crippen molar-refractivity contribution in [3.05, 3.63) is 0 Å². The summed E-state index contributed by atoms with van der Waals surface area (Å²) >= 11 is 0. The van der Waals surface area contributed by atoms with E-state index in [4.69, 9.17) is 10.5 Å². The van der Waals surface area contributed by atoms with E-state index in [9.17, 15) is 9.59 Å². The fourth-order valence-electron chi connectivity index (χ4n) is 2.19. The second-order valence-corrected chi connectivity index (χ2v) is 4.78. The number of nitrogens with one attached hydrogen (secondary N) is 2. The molecule has 6 heteroatoms. The van der Waals surface area contributed by atoms with Crippen LogP contribution in [-0.2, 0) is 14.3 Å². The van der Waals surface area contributed by atoms with E-state index in [0.717, 1.165) is 6.42 Å². The average molecular weight is 241 g/mol. The molecule has 0 aliphatic carbocycles. The molecule has 2 fully saturated rings. The third-order valence-electron chi connectivity index (χ3n) is 3.43. The Hall–Kier alpha value is -1.14. The van der Waals surface area contributed by atoms with Crippen LogP contribution in [0.3, 0.4) is 0 Å². The molecule has 0 aromatic rings. The fourth-order valence-corrected chi connectivity index (χ4v) is 2.19. The molecular formula is C11H19N3O3. The lowest BCUT2D eigenvalue weighted by molar-refractivity contribution is -0.130. The summed E-state index contributed by atoms with van der Waals surface area (Å²) in [7, 11) is 0. The topological polar surface area (TPSA) is 93.5 Å². The number of amides is 2. The minimum absolute atomic E-state index is 0.0508. The van der Waals surface area contributed by atoms with E-state index in [1.807, 2.05) is 0 Å². The molecule has 2 heterocycles. The van der Waals surface area contributed by atoms with Gasteiger partial charge >= 0.3 is 0 Å². The second-order valence-electron chi connectivity index (χ2n) is 4.78. The van der Waals surface area contributed by atoms with Crippen LogP contribution in [0.15, 0.2) is 0 Å². The molecule has 17 heavy (non-hydrogen) atoms. The van der Waals surface area contributed by atoms with Gasteiger partial charge in [-0.3, -0.25) is 9.59 Å². The number of carbonyl (C=O) groups is 2. The van der Waals surface area contributed by atoms with E-state index in [-0.39, 0.29) is 17.9 Å². The van der Waals surface area contributed by atoms with Crippen LogP contribution in [0.25, 0.3) is 0 Å². The summed E-state index contributed by atoms with van der Waals surface area (Å²) < 4.78 is 5.19. The smallest absolute Gasteiger partial charge is 0.240 e. The maximum atomic E-state index is 12.0. The van der Waals surface area contributed by atoms with Gasteiger partial charge in [-0.05, 0) is 19.3 Å². The summed E-state index contributed by atoms with van der Waals surface area (Å²) in [5, 5.41) is 5.63. The molecule has 0 spiro atoms. The highest BCUT2D eigenvalue weighted by Gasteiger charge is 2.36. The predicted molar refractivity (Wildman–Crippen MR) is 61.1 cm³/mol. The molecule has 2 amide bonds. The van der Waals surface area contributed by atoms with Crippen molar-refractivity contribution in [1.82, 2.24) is 10.6 Å². The third kappa shape index (κ3) is 2.95. The lowest BCUT2D eigenvalue weighted by Crippen LogP contribution is -2.58. The van der Waals surface area contributed by atoms with Crippen LogP contribution < -0.4 is 16.4 Å². The normalized spacial score (nSPS) is 27.6. The molecule has 2 saturated heterocycles. The Kier molecular flexibility index (Phi) is 3.63. The van der Waals surface area contributed by atoms with Crippen molar-refractivity contribution in [2.45, 2.75) is 37.3 Å². The van der Waals surface area contributed by atoms with Crippen LogP contribution in [0.1, 0.15) is 25.7 Å². The molecular weight excluding hydrogens is 222 g/mol. The lowest BCUT2D eigenvalue weighted by Gasteiger charge is -2.32. The molecule has 2 rings (SSSR count). The average Bonchev–Trinajstić information content (AvgIpc) is 2.73. The number of hydrogen-bond acceptors (Lipinski definition) is 4. The van der Waals surface area contributed by atoms with Crippen molar-refractivity contribution in [3.63, 3.8) is 0 Å². The van der Waals surface area contributed by atoms with Gasteiger partial charge in [-0.2, -0.15) is 0 Å². The monoisotopic (exact) mass is 241 g/mol. The zero-order chi connectivity index (χ0) is 12.3. The first-order valence-corrected chi connectivity index (χ1v) is 6.04. The van der Waals surface area contributed by atoms with Crippen LogP contribution in [-0.4, -0.2) is 43.2 Å². The molecule has 6 nitrogen and oxygen atoms in total. The Morgan fingerprint density at radius 1 is 1.53 bits per heavy atom. The number of carbonyl (C=O) groups excluding carboxylic acids is 2. The van der Waals surface area contributed by atoms with Gasteiger partial charge in [-0.15, -0.1) is 0 Å². The summed E-state index contributed by atoms with van der Waals surface area (Å²) in [6.07, 6.45) is 2.42. The summed E-state index contributed by atoms with van der Waals surface area (Å²) in [5.41, 5.74) is 5.23. The maximum absolute atomic E-state index is 12.0. The first-order valence-electron chi connectivity index (χ1n) is 6.04. The molecule has 0 aromatic carbocycles. The molecule has 96 valence electrons. The van der Waals surface area contributed by atoms with Gasteiger partial charge in [-0.1, -0.05) is 0 Å². The van der Waals surface area contributed by atoms with Crippen LogP contribution in [0.4, 0.5) is 0 Å². The van der Waals surface area contributed by atoms with E-state index < -0.39 is 5.54 Å². The van der Waals surface area contributed by atoms with Crippen molar-refractivity contribution in [2.24, 2.45) is 5.73 Å². The van der Waals surface area contributed by atoms with Crippen LogP contribution in [0.2, 0.25) is 0 Å². The van der Waals surface area contributed by atoms with Gasteiger partial charge in [0.15, 0.2) is 0 Å². The first-order chi connectivity index (χ1) is 8.10. The van der Waals surface area contributed by atoms with Crippen LogP contribution in [0, 0.1) is 0 Å². The molecule has 0 saturated carbocycles. The quantitative estimate of drug-likeness (QED) is 0.584. The van der Waals surface area contributed by atoms with E-state index in [0.29, 0.717) is 39.0 Å². The van der Waals surface area contributed by atoms with Gasteiger partial charge in [0.1, 0.15) is 0 Å². The standard InChI is InChI=1S/C11H19N3O3/c12-11(3-5-17-6-4-11)10(16)13-7-8-1-2-9(15)14-8/h8H,1-7,12H2,(H,13,16)(H,14,15). The van der Waals surface area contributed by atoms with Gasteiger partial charge in [0, 0.05) is 32.2 Å². The second kappa shape index (κ2) is 5.01. The highest BCUT2D eigenvalue weighted by Crippen LogP contribution is 2.17. The molecule has 4 N–H and O–H groups in total. The van der Waals surface area contributed by atoms with Gasteiger partial charge in [-0.25, -0.2) is 0 Å². The minimum Gasteiger partial charge on any atom is -0.381 e. The van der Waals surface area contributed by atoms with Crippen molar-refractivity contribution < 1.29 is 14.3 Å². The highest BCUT2D eigenvalue weighted by molar-refractivity contribution is 5.86. The summed E-state index contributed by atoms with van der Waals surface area (Å²) in [5.74, 6) is -0.0836. The van der Waals surface area contributed by atoms with E-state index >= 15 is 0 Å². The van der Waals surface area contributed by atoms with E-state index in [2.05, 4.69) is 10.6 Å². The molecule has 0 bridgehead atoms. The number of rotatable bonds is 3. The van der Waals surface area contributed by atoms with Gasteiger partial charge in [0.05, 0.1) is 5.54 Å². The summed E-state index contributed by atoms with van der Waals surface area (Å²) in [4.78, 5) is 23.0.